The van der Waals surface area contributed by atoms with Crippen molar-refractivity contribution in [2.45, 2.75) is 20.3 Å². The van der Waals surface area contributed by atoms with Crippen molar-refractivity contribution in [3.63, 3.8) is 0 Å². The molecule has 1 aromatic heterocycles. The predicted molar refractivity (Wildman–Crippen MR) is 96.9 cm³/mol. The fraction of sp³-hybridized carbons (Fsp3) is 0.250. The minimum absolute atomic E-state index is 0.216. The van der Waals surface area contributed by atoms with Crippen LogP contribution in [0.2, 0.25) is 0 Å². The quantitative estimate of drug-likeness (QED) is 0.764. The van der Waals surface area contributed by atoms with Crippen molar-refractivity contribution in [1.29, 1.82) is 0 Å². The van der Waals surface area contributed by atoms with Crippen molar-refractivity contribution in [3.8, 4) is 0 Å². The Hall–Kier alpha value is -2.82. The largest absolute Gasteiger partial charge is 0.451 e. The Balaban J connectivity index is 1.64. The van der Waals surface area contributed by atoms with Crippen molar-refractivity contribution in [3.05, 3.63) is 59.1 Å². The highest BCUT2D eigenvalue weighted by Crippen LogP contribution is 2.31. The van der Waals surface area contributed by atoms with E-state index >= 15 is 0 Å². The van der Waals surface area contributed by atoms with Crippen LogP contribution in [0.25, 0.3) is 11.0 Å². The van der Waals surface area contributed by atoms with Crippen LogP contribution >= 0.6 is 0 Å². The molecule has 1 aliphatic heterocycles. The van der Waals surface area contributed by atoms with Crippen molar-refractivity contribution in [1.82, 2.24) is 0 Å². The minimum atomic E-state index is -0.346. The predicted octanol–water partition coefficient (Wildman–Crippen LogP) is 4.52. The third kappa shape index (κ3) is 2.65. The van der Waals surface area contributed by atoms with Gasteiger partial charge in [-0.1, -0.05) is 6.07 Å². The van der Waals surface area contributed by atoms with Gasteiger partial charge in [0.25, 0.3) is 5.91 Å². The molecule has 5 heteroatoms. The minimum Gasteiger partial charge on any atom is -0.451 e. The Morgan fingerprint density at radius 2 is 2.12 bits per heavy atom. The molecule has 0 radical (unpaired) electrons. The summed E-state index contributed by atoms with van der Waals surface area (Å²) in [7, 11) is 0. The molecule has 25 heavy (non-hydrogen) atoms. The molecule has 4 rings (SSSR count). The maximum atomic E-state index is 13.4. The second kappa shape index (κ2) is 5.92. The molecule has 0 atom stereocenters. The van der Waals surface area contributed by atoms with E-state index in [1.54, 1.807) is 13.0 Å². The molecule has 3 aromatic rings. The normalized spacial score (nSPS) is 13.3. The summed E-state index contributed by atoms with van der Waals surface area (Å²) < 4.78 is 19.1. The van der Waals surface area contributed by atoms with E-state index in [-0.39, 0.29) is 17.5 Å². The molecule has 2 aromatic carbocycles. The highest BCUT2D eigenvalue weighted by Gasteiger charge is 2.21. The number of amides is 1. The summed E-state index contributed by atoms with van der Waals surface area (Å²) in [6, 6.07) is 10.2. The molecular formula is C20H19FN2O2. The number of nitrogens with one attached hydrogen (secondary N) is 1. The Bertz CT molecular complexity index is 977. The molecule has 1 N–H and O–H groups in total. The lowest BCUT2D eigenvalue weighted by Crippen LogP contribution is -2.19. The molecule has 128 valence electrons. The molecule has 0 bridgehead atoms. The van der Waals surface area contributed by atoms with E-state index < -0.39 is 0 Å². The van der Waals surface area contributed by atoms with Crippen LogP contribution < -0.4 is 10.2 Å². The zero-order valence-electron chi connectivity index (χ0n) is 14.2. The number of carbonyl (C=O) groups is 1. The number of benzene rings is 2. The molecule has 1 amide bonds. The maximum absolute atomic E-state index is 13.4. The molecule has 0 spiro atoms. The van der Waals surface area contributed by atoms with Crippen molar-refractivity contribution in [2.24, 2.45) is 0 Å². The van der Waals surface area contributed by atoms with Gasteiger partial charge in [0.15, 0.2) is 5.76 Å². The van der Waals surface area contributed by atoms with Crippen LogP contribution in [0.5, 0.6) is 0 Å². The first-order valence-electron chi connectivity index (χ1n) is 8.44. The third-order valence-electron chi connectivity index (χ3n) is 4.82. The van der Waals surface area contributed by atoms with E-state index in [9.17, 15) is 9.18 Å². The van der Waals surface area contributed by atoms with Gasteiger partial charge in [0.1, 0.15) is 11.4 Å². The molecule has 4 nitrogen and oxygen atoms in total. The van der Waals surface area contributed by atoms with Gasteiger partial charge < -0.3 is 14.6 Å². The van der Waals surface area contributed by atoms with Crippen LogP contribution in [0.15, 0.2) is 40.8 Å². The van der Waals surface area contributed by atoms with Crippen molar-refractivity contribution in [2.75, 3.05) is 23.3 Å². The Morgan fingerprint density at radius 3 is 2.92 bits per heavy atom. The number of furan rings is 1. The summed E-state index contributed by atoms with van der Waals surface area (Å²) in [5.74, 6) is -0.454. The molecule has 0 aliphatic carbocycles. The number of carbonyl (C=O) groups excluding carboxylic acids is 1. The summed E-state index contributed by atoms with van der Waals surface area (Å²) in [6.45, 7) is 5.84. The lowest BCUT2D eigenvalue weighted by molar-refractivity contribution is 0.0998. The van der Waals surface area contributed by atoms with E-state index in [2.05, 4.69) is 23.2 Å². The van der Waals surface area contributed by atoms with E-state index in [1.807, 2.05) is 12.1 Å². The number of aryl methyl sites for hydroxylation is 1. The molecule has 0 unspecified atom stereocenters. The summed E-state index contributed by atoms with van der Waals surface area (Å²) >= 11 is 0. The lowest BCUT2D eigenvalue weighted by atomic mass is 10.1. The zero-order chi connectivity index (χ0) is 17.6. The standard InChI is InChI=1S/C20H19FN2O2/c1-3-23-9-8-13-4-6-15(11-17(13)23)22-20(24)19-12(2)16-10-14(21)5-7-18(16)25-19/h4-7,10-11H,3,8-9H2,1-2H3,(H,22,24). The van der Waals surface area contributed by atoms with Crippen LogP contribution in [0, 0.1) is 12.7 Å². The second-order valence-electron chi connectivity index (χ2n) is 6.32. The topological polar surface area (TPSA) is 45.5 Å². The van der Waals surface area contributed by atoms with E-state index in [0.29, 0.717) is 16.5 Å². The third-order valence-corrected chi connectivity index (χ3v) is 4.82. The molecule has 0 fully saturated rings. The molecule has 2 heterocycles. The first-order chi connectivity index (χ1) is 12.1. The Morgan fingerprint density at radius 1 is 1.28 bits per heavy atom. The van der Waals surface area contributed by atoms with E-state index in [0.717, 1.165) is 25.2 Å². The molecule has 0 saturated heterocycles. The van der Waals surface area contributed by atoms with Crippen molar-refractivity contribution >= 4 is 28.3 Å². The number of halogens is 1. The van der Waals surface area contributed by atoms with E-state index in [1.165, 1.54) is 23.4 Å². The van der Waals surface area contributed by atoms with Crippen LogP contribution in [-0.2, 0) is 6.42 Å². The number of anilines is 2. The number of hydrogen-bond acceptors (Lipinski definition) is 3. The van der Waals surface area contributed by atoms with Gasteiger partial charge in [0, 0.05) is 35.4 Å². The fourth-order valence-corrected chi connectivity index (χ4v) is 3.45. The van der Waals surface area contributed by atoms with Gasteiger partial charge in [-0.2, -0.15) is 0 Å². The number of rotatable bonds is 3. The summed E-state index contributed by atoms with van der Waals surface area (Å²) in [6.07, 6.45) is 1.03. The SMILES string of the molecule is CCN1CCc2ccc(NC(=O)c3oc4ccc(F)cc4c3C)cc21. The summed E-state index contributed by atoms with van der Waals surface area (Å²) in [5.41, 5.74) is 4.35. The highest BCUT2D eigenvalue weighted by atomic mass is 19.1. The van der Waals surface area contributed by atoms with Crippen molar-refractivity contribution < 1.29 is 13.6 Å². The second-order valence-corrected chi connectivity index (χ2v) is 6.32. The van der Waals surface area contributed by atoms with Gasteiger partial charge >= 0.3 is 0 Å². The van der Waals surface area contributed by atoms with Crippen LogP contribution in [0.1, 0.15) is 28.6 Å². The number of likely N-dealkylation sites (N-methyl/N-ethyl adjacent to an activating group) is 1. The number of hydrogen-bond donors (Lipinski definition) is 1. The molecule has 0 saturated carbocycles. The van der Waals surface area contributed by atoms with Gasteiger partial charge in [0.2, 0.25) is 0 Å². The summed E-state index contributed by atoms with van der Waals surface area (Å²) in [4.78, 5) is 14.9. The van der Waals surface area contributed by atoms with Gasteiger partial charge in [-0.15, -0.1) is 0 Å². The first-order valence-corrected chi connectivity index (χ1v) is 8.44. The van der Waals surface area contributed by atoms with Crippen LogP contribution in [-0.4, -0.2) is 19.0 Å². The average molecular weight is 338 g/mol. The van der Waals surface area contributed by atoms with Gasteiger partial charge in [0.05, 0.1) is 0 Å². The first kappa shape index (κ1) is 15.7. The van der Waals surface area contributed by atoms with Gasteiger partial charge in [-0.25, -0.2) is 4.39 Å². The number of nitrogens with zero attached hydrogens (tertiary/aromatic N) is 1. The van der Waals surface area contributed by atoms with Gasteiger partial charge in [-0.3, -0.25) is 4.79 Å². The fourth-order valence-electron chi connectivity index (χ4n) is 3.45. The highest BCUT2D eigenvalue weighted by molar-refractivity contribution is 6.06. The lowest BCUT2D eigenvalue weighted by Gasteiger charge is -2.17. The monoisotopic (exact) mass is 338 g/mol. The molecule has 1 aliphatic rings. The Labute approximate surface area is 145 Å². The molecular weight excluding hydrogens is 319 g/mol. The van der Waals surface area contributed by atoms with Crippen LogP contribution in [0.4, 0.5) is 15.8 Å². The summed E-state index contributed by atoms with van der Waals surface area (Å²) in [5, 5.41) is 3.52. The van der Waals surface area contributed by atoms with Crippen LogP contribution in [0.3, 0.4) is 0 Å². The van der Waals surface area contributed by atoms with Gasteiger partial charge in [-0.05, 0) is 56.2 Å². The smallest absolute Gasteiger partial charge is 0.291 e. The Kier molecular flexibility index (Phi) is 3.71. The zero-order valence-corrected chi connectivity index (χ0v) is 14.2. The van der Waals surface area contributed by atoms with E-state index in [4.69, 9.17) is 4.42 Å². The number of fused-ring (bicyclic) bond motifs is 2. The maximum Gasteiger partial charge on any atom is 0.291 e. The average Bonchev–Trinajstić information content (AvgIpc) is 3.16.